The van der Waals surface area contributed by atoms with Crippen molar-refractivity contribution in [3.05, 3.63) is 23.8 Å². The van der Waals surface area contributed by atoms with Crippen molar-refractivity contribution >= 4 is 11.4 Å². The molecule has 1 saturated heterocycles. The third-order valence-corrected chi connectivity index (χ3v) is 4.06. The topological polar surface area (TPSA) is 24.5 Å². The highest BCUT2D eigenvalue weighted by atomic mass is 16.5. The molecule has 1 atom stereocenters. The molecule has 2 aliphatic rings. The second-order valence-electron chi connectivity index (χ2n) is 5.20. The number of nitrogens with zero attached hydrogens (tertiary/aromatic N) is 1. The van der Waals surface area contributed by atoms with E-state index in [1.165, 1.54) is 29.8 Å². The average molecular weight is 246 g/mol. The van der Waals surface area contributed by atoms with Gasteiger partial charge in [0.15, 0.2) is 0 Å². The van der Waals surface area contributed by atoms with Gasteiger partial charge in [-0.1, -0.05) is 6.92 Å². The maximum atomic E-state index is 5.58. The molecule has 3 heteroatoms. The van der Waals surface area contributed by atoms with Gasteiger partial charge in [0.05, 0.1) is 19.3 Å². The number of aryl methyl sites for hydroxylation is 1. The van der Waals surface area contributed by atoms with E-state index in [0.717, 1.165) is 32.7 Å². The summed E-state index contributed by atoms with van der Waals surface area (Å²) in [6.45, 7) is 6.09. The van der Waals surface area contributed by atoms with Crippen LogP contribution in [0.15, 0.2) is 18.2 Å². The molecule has 0 aliphatic carbocycles. The van der Waals surface area contributed by atoms with E-state index < -0.39 is 0 Å². The SMILES string of the molecule is CCC1COCCN1c1ccc2c(c1)CCCN2. The van der Waals surface area contributed by atoms with Crippen molar-refractivity contribution < 1.29 is 4.74 Å². The highest BCUT2D eigenvalue weighted by molar-refractivity contribution is 5.62. The van der Waals surface area contributed by atoms with Crippen molar-refractivity contribution in [2.24, 2.45) is 0 Å². The summed E-state index contributed by atoms with van der Waals surface area (Å²) in [6, 6.07) is 7.40. The molecular weight excluding hydrogens is 224 g/mol. The van der Waals surface area contributed by atoms with E-state index in [0.29, 0.717) is 6.04 Å². The first-order chi connectivity index (χ1) is 8.88. The molecule has 0 amide bonds. The fourth-order valence-corrected chi connectivity index (χ4v) is 2.97. The molecule has 0 radical (unpaired) electrons. The van der Waals surface area contributed by atoms with Crippen LogP contribution in [-0.4, -0.2) is 32.3 Å². The van der Waals surface area contributed by atoms with Crippen LogP contribution in [0, 0.1) is 0 Å². The van der Waals surface area contributed by atoms with E-state index in [4.69, 9.17) is 4.74 Å². The lowest BCUT2D eigenvalue weighted by atomic mass is 10.0. The summed E-state index contributed by atoms with van der Waals surface area (Å²) in [6.07, 6.45) is 3.60. The minimum Gasteiger partial charge on any atom is -0.385 e. The van der Waals surface area contributed by atoms with Crippen LogP contribution >= 0.6 is 0 Å². The zero-order valence-corrected chi connectivity index (χ0v) is 11.1. The number of fused-ring (bicyclic) bond motifs is 1. The number of hydrogen-bond donors (Lipinski definition) is 1. The van der Waals surface area contributed by atoms with Crippen LogP contribution in [0.2, 0.25) is 0 Å². The molecule has 0 saturated carbocycles. The van der Waals surface area contributed by atoms with Gasteiger partial charge in [0.1, 0.15) is 0 Å². The Bertz CT molecular complexity index is 419. The van der Waals surface area contributed by atoms with Gasteiger partial charge in [-0.25, -0.2) is 0 Å². The van der Waals surface area contributed by atoms with E-state index in [2.05, 4.69) is 35.3 Å². The molecule has 3 nitrogen and oxygen atoms in total. The maximum Gasteiger partial charge on any atom is 0.0670 e. The van der Waals surface area contributed by atoms with E-state index in [1.54, 1.807) is 0 Å². The molecule has 98 valence electrons. The standard InChI is InChI=1S/C15H22N2O/c1-2-13-11-18-9-8-17(13)14-5-6-15-12(10-14)4-3-7-16-15/h5-6,10,13,16H,2-4,7-9,11H2,1H3. The lowest BCUT2D eigenvalue weighted by Crippen LogP contribution is -2.45. The Morgan fingerprint density at radius 2 is 2.39 bits per heavy atom. The van der Waals surface area contributed by atoms with E-state index in [1.807, 2.05) is 0 Å². The highest BCUT2D eigenvalue weighted by Crippen LogP contribution is 2.29. The van der Waals surface area contributed by atoms with Crippen LogP contribution in [0.1, 0.15) is 25.3 Å². The Labute approximate surface area is 109 Å². The maximum absolute atomic E-state index is 5.58. The van der Waals surface area contributed by atoms with Crippen molar-refractivity contribution in [3.8, 4) is 0 Å². The second-order valence-corrected chi connectivity index (χ2v) is 5.20. The average Bonchev–Trinajstić information content (AvgIpc) is 2.46. The van der Waals surface area contributed by atoms with Crippen molar-refractivity contribution in [2.75, 3.05) is 36.5 Å². The predicted octanol–water partition coefficient (Wildman–Crippen LogP) is 2.66. The second kappa shape index (κ2) is 5.19. The van der Waals surface area contributed by atoms with Gasteiger partial charge in [-0.2, -0.15) is 0 Å². The molecule has 0 aromatic heterocycles. The molecule has 2 heterocycles. The van der Waals surface area contributed by atoms with Crippen molar-refractivity contribution in [2.45, 2.75) is 32.2 Å². The molecule has 3 rings (SSSR count). The fraction of sp³-hybridized carbons (Fsp3) is 0.600. The van der Waals surface area contributed by atoms with Gasteiger partial charge in [0.2, 0.25) is 0 Å². The van der Waals surface area contributed by atoms with Gasteiger partial charge in [0.25, 0.3) is 0 Å². The van der Waals surface area contributed by atoms with Crippen LogP contribution < -0.4 is 10.2 Å². The van der Waals surface area contributed by atoms with E-state index in [-0.39, 0.29) is 0 Å². The first-order valence-electron chi connectivity index (χ1n) is 7.09. The molecule has 2 aliphatic heterocycles. The van der Waals surface area contributed by atoms with Crippen LogP contribution in [0.5, 0.6) is 0 Å². The Morgan fingerprint density at radius 3 is 3.28 bits per heavy atom. The van der Waals surface area contributed by atoms with Crippen LogP contribution in [-0.2, 0) is 11.2 Å². The number of morpholine rings is 1. The summed E-state index contributed by atoms with van der Waals surface area (Å²) in [5, 5.41) is 3.47. The van der Waals surface area contributed by atoms with Gasteiger partial charge >= 0.3 is 0 Å². The van der Waals surface area contributed by atoms with Crippen molar-refractivity contribution in [3.63, 3.8) is 0 Å². The Kier molecular flexibility index (Phi) is 3.41. The number of nitrogens with one attached hydrogen (secondary N) is 1. The van der Waals surface area contributed by atoms with Crippen LogP contribution in [0.4, 0.5) is 11.4 Å². The van der Waals surface area contributed by atoms with E-state index >= 15 is 0 Å². The van der Waals surface area contributed by atoms with Crippen molar-refractivity contribution in [1.82, 2.24) is 0 Å². The number of ether oxygens (including phenoxy) is 1. The van der Waals surface area contributed by atoms with Gasteiger partial charge in [-0.05, 0) is 43.0 Å². The minimum absolute atomic E-state index is 0.536. The summed E-state index contributed by atoms with van der Waals surface area (Å²) in [5.41, 5.74) is 4.17. The molecular formula is C15H22N2O. The number of rotatable bonds is 2. The lowest BCUT2D eigenvalue weighted by molar-refractivity contribution is 0.0930. The molecule has 1 fully saturated rings. The predicted molar refractivity (Wildman–Crippen MR) is 75.5 cm³/mol. The molecule has 1 aromatic carbocycles. The minimum atomic E-state index is 0.536. The van der Waals surface area contributed by atoms with Gasteiger partial charge in [-0.3, -0.25) is 0 Å². The lowest BCUT2D eigenvalue weighted by Gasteiger charge is -2.37. The molecule has 1 unspecified atom stereocenters. The van der Waals surface area contributed by atoms with Gasteiger partial charge in [-0.15, -0.1) is 0 Å². The number of benzene rings is 1. The van der Waals surface area contributed by atoms with Gasteiger partial charge < -0.3 is 15.0 Å². The third-order valence-electron chi connectivity index (χ3n) is 4.06. The Morgan fingerprint density at radius 1 is 1.44 bits per heavy atom. The molecule has 1 N–H and O–H groups in total. The fourth-order valence-electron chi connectivity index (χ4n) is 2.97. The summed E-state index contributed by atoms with van der Waals surface area (Å²) in [5.74, 6) is 0. The molecule has 18 heavy (non-hydrogen) atoms. The largest absolute Gasteiger partial charge is 0.385 e. The smallest absolute Gasteiger partial charge is 0.0670 e. The number of hydrogen-bond acceptors (Lipinski definition) is 3. The van der Waals surface area contributed by atoms with E-state index in [9.17, 15) is 0 Å². The molecule has 1 aromatic rings. The van der Waals surface area contributed by atoms with Crippen molar-refractivity contribution in [1.29, 1.82) is 0 Å². The summed E-state index contributed by atoms with van der Waals surface area (Å²) >= 11 is 0. The molecule has 0 bridgehead atoms. The summed E-state index contributed by atoms with van der Waals surface area (Å²) < 4.78 is 5.58. The zero-order chi connectivity index (χ0) is 12.4. The summed E-state index contributed by atoms with van der Waals surface area (Å²) in [4.78, 5) is 2.51. The molecule has 0 spiro atoms. The zero-order valence-electron chi connectivity index (χ0n) is 11.1. The first kappa shape index (κ1) is 11.8. The van der Waals surface area contributed by atoms with Crippen LogP contribution in [0.3, 0.4) is 0 Å². The summed E-state index contributed by atoms with van der Waals surface area (Å²) in [7, 11) is 0. The normalized spacial score (nSPS) is 23.4. The quantitative estimate of drug-likeness (QED) is 0.868. The Hall–Kier alpha value is -1.22. The third kappa shape index (κ3) is 2.19. The number of anilines is 2. The first-order valence-corrected chi connectivity index (χ1v) is 7.09. The monoisotopic (exact) mass is 246 g/mol. The van der Waals surface area contributed by atoms with Gasteiger partial charge in [0, 0.05) is 24.5 Å². The van der Waals surface area contributed by atoms with Crippen LogP contribution in [0.25, 0.3) is 0 Å². The Balaban J connectivity index is 1.86. The highest BCUT2D eigenvalue weighted by Gasteiger charge is 2.22.